The highest BCUT2D eigenvalue weighted by Crippen LogP contribution is 2.26. The number of likely N-dealkylation sites (N-methyl/N-ethyl adjacent to an activating group) is 1. The smallest absolute Gasteiger partial charge is 0.319 e. The molecule has 29 heavy (non-hydrogen) atoms. The van der Waals surface area contributed by atoms with E-state index in [-0.39, 0.29) is 17.9 Å². The van der Waals surface area contributed by atoms with E-state index in [0.29, 0.717) is 17.9 Å². The van der Waals surface area contributed by atoms with Crippen LogP contribution < -0.4 is 20.3 Å². The van der Waals surface area contributed by atoms with Gasteiger partial charge in [0.25, 0.3) is 0 Å². The molecule has 1 aliphatic rings. The second-order valence-electron chi connectivity index (χ2n) is 7.45. The molecule has 3 rings (SSSR count). The third-order valence-corrected chi connectivity index (χ3v) is 5.21. The molecule has 1 fully saturated rings. The second kappa shape index (κ2) is 9.60. The number of methoxy groups -OCH3 is 1. The Kier molecular flexibility index (Phi) is 6.93. The van der Waals surface area contributed by atoms with E-state index in [1.54, 1.807) is 19.2 Å². The third-order valence-electron chi connectivity index (χ3n) is 5.21. The van der Waals surface area contributed by atoms with Gasteiger partial charge in [-0.25, -0.2) is 9.18 Å². The fourth-order valence-corrected chi connectivity index (χ4v) is 3.61. The maximum atomic E-state index is 14.4. The van der Waals surface area contributed by atoms with Crippen molar-refractivity contribution in [1.29, 1.82) is 0 Å². The largest absolute Gasteiger partial charge is 0.497 e. The Bertz CT molecular complexity index is 837. The first kappa shape index (κ1) is 20.9. The van der Waals surface area contributed by atoms with Crippen LogP contribution in [0.4, 0.5) is 20.6 Å². The van der Waals surface area contributed by atoms with E-state index in [1.165, 1.54) is 6.07 Å². The number of anilines is 2. The van der Waals surface area contributed by atoms with Crippen molar-refractivity contribution in [2.45, 2.75) is 18.9 Å². The standard InChI is InChI=1S/C22H29FN4O2/c1-26(2)21(16-7-6-8-18(13-16)29-3)15-24-22(28)25-17-9-10-20(19(23)14-17)27-11-4-5-12-27/h6-10,13-14,21H,4-5,11-12,15H2,1-3H3,(H2,24,25,28). The lowest BCUT2D eigenvalue weighted by molar-refractivity contribution is 0.243. The summed E-state index contributed by atoms with van der Waals surface area (Å²) < 4.78 is 19.7. The Balaban J connectivity index is 1.60. The van der Waals surface area contributed by atoms with Crippen molar-refractivity contribution in [3.63, 3.8) is 0 Å². The van der Waals surface area contributed by atoms with E-state index in [2.05, 4.69) is 10.6 Å². The molecule has 1 heterocycles. The lowest BCUT2D eigenvalue weighted by Crippen LogP contribution is -2.36. The number of hydrogen-bond donors (Lipinski definition) is 2. The monoisotopic (exact) mass is 400 g/mol. The summed E-state index contributed by atoms with van der Waals surface area (Å²) in [5.41, 5.74) is 2.07. The minimum atomic E-state index is -0.368. The number of benzene rings is 2. The van der Waals surface area contributed by atoms with Gasteiger partial charge in [0.1, 0.15) is 11.6 Å². The van der Waals surface area contributed by atoms with Gasteiger partial charge in [-0.3, -0.25) is 0 Å². The number of carbonyl (C=O) groups excluding carboxylic acids is 1. The summed E-state index contributed by atoms with van der Waals surface area (Å²) in [6.45, 7) is 2.15. The summed E-state index contributed by atoms with van der Waals surface area (Å²) in [6, 6.07) is 12.2. The van der Waals surface area contributed by atoms with Crippen molar-refractivity contribution >= 4 is 17.4 Å². The number of rotatable bonds is 7. The zero-order valence-electron chi connectivity index (χ0n) is 17.2. The number of hydrogen-bond acceptors (Lipinski definition) is 4. The van der Waals surface area contributed by atoms with Gasteiger partial charge >= 0.3 is 6.03 Å². The first-order valence-electron chi connectivity index (χ1n) is 9.87. The predicted molar refractivity (Wildman–Crippen MR) is 114 cm³/mol. The van der Waals surface area contributed by atoms with Crippen LogP contribution in [0.2, 0.25) is 0 Å². The van der Waals surface area contributed by atoms with Crippen LogP contribution in [-0.4, -0.2) is 51.8 Å². The van der Waals surface area contributed by atoms with Crippen molar-refractivity contribution < 1.29 is 13.9 Å². The maximum Gasteiger partial charge on any atom is 0.319 e. The number of urea groups is 1. The number of nitrogens with one attached hydrogen (secondary N) is 2. The normalized spacial score (nSPS) is 14.7. The molecule has 0 radical (unpaired) electrons. The Morgan fingerprint density at radius 2 is 1.97 bits per heavy atom. The molecule has 2 aromatic rings. The summed E-state index contributed by atoms with van der Waals surface area (Å²) in [6.07, 6.45) is 2.17. The molecule has 0 saturated carbocycles. The van der Waals surface area contributed by atoms with Crippen LogP contribution in [-0.2, 0) is 0 Å². The van der Waals surface area contributed by atoms with Crippen molar-refractivity contribution in [2.75, 3.05) is 51.1 Å². The SMILES string of the molecule is COc1cccc(C(CNC(=O)Nc2ccc(N3CCCC3)c(F)c2)N(C)C)c1. The topological polar surface area (TPSA) is 56.8 Å². The summed E-state index contributed by atoms with van der Waals surface area (Å²) in [4.78, 5) is 16.4. The van der Waals surface area contributed by atoms with E-state index < -0.39 is 0 Å². The zero-order valence-corrected chi connectivity index (χ0v) is 17.2. The lowest BCUT2D eigenvalue weighted by Gasteiger charge is -2.25. The van der Waals surface area contributed by atoms with Crippen LogP contribution in [0.3, 0.4) is 0 Å². The van der Waals surface area contributed by atoms with Gasteiger partial charge in [-0.15, -0.1) is 0 Å². The highest BCUT2D eigenvalue weighted by atomic mass is 19.1. The summed E-state index contributed by atoms with van der Waals surface area (Å²) in [5.74, 6) is 0.458. The molecular formula is C22H29FN4O2. The maximum absolute atomic E-state index is 14.4. The van der Waals surface area contributed by atoms with Gasteiger partial charge in [0, 0.05) is 25.3 Å². The summed E-state index contributed by atoms with van der Waals surface area (Å²) >= 11 is 0. The van der Waals surface area contributed by atoms with Crippen LogP contribution >= 0.6 is 0 Å². The van der Waals surface area contributed by atoms with Crippen molar-refractivity contribution in [1.82, 2.24) is 10.2 Å². The van der Waals surface area contributed by atoms with Crippen LogP contribution in [0.5, 0.6) is 5.75 Å². The van der Waals surface area contributed by atoms with Crippen LogP contribution in [0.15, 0.2) is 42.5 Å². The Morgan fingerprint density at radius 1 is 1.21 bits per heavy atom. The molecule has 156 valence electrons. The molecule has 1 atom stereocenters. The number of carbonyl (C=O) groups is 1. The lowest BCUT2D eigenvalue weighted by atomic mass is 10.1. The molecule has 2 aromatic carbocycles. The van der Waals surface area contributed by atoms with Crippen LogP contribution in [0.25, 0.3) is 0 Å². The van der Waals surface area contributed by atoms with E-state index in [9.17, 15) is 9.18 Å². The Morgan fingerprint density at radius 3 is 2.62 bits per heavy atom. The number of amides is 2. The van der Waals surface area contributed by atoms with E-state index in [4.69, 9.17) is 4.74 Å². The minimum absolute atomic E-state index is 0.0230. The molecule has 1 saturated heterocycles. The number of nitrogens with zero attached hydrogens (tertiary/aromatic N) is 2. The third kappa shape index (κ3) is 5.38. The quantitative estimate of drug-likeness (QED) is 0.741. The highest BCUT2D eigenvalue weighted by Gasteiger charge is 2.18. The average Bonchev–Trinajstić information content (AvgIpc) is 3.22. The molecule has 2 amide bonds. The van der Waals surface area contributed by atoms with Gasteiger partial charge in [-0.1, -0.05) is 12.1 Å². The molecule has 0 bridgehead atoms. The van der Waals surface area contributed by atoms with Crippen molar-refractivity contribution in [2.24, 2.45) is 0 Å². The summed E-state index contributed by atoms with van der Waals surface area (Å²) in [7, 11) is 5.54. The van der Waals surface area contributed by atoms with Gasteiger partial charge in [-0.2, -0.15) is 0 Å². The van der Waals surface area contributed by atoms with E-state index >= 15 is 0 Å². The molecule has 0 aromatic heterocycles. The molecule has 0 aliphatic carbocycles. The average molecular weight is 400 g/mol. The minimum Gasteiger partial charge on any atom is -0.497 e. The van der Waals surface area contributed by atoms with Gasteiger partial charge in [0.05, 0.1) is 18.8 Å². The number of ether oxygens (including phenoxy) is 1. The Hall–Kier alpha value is -2.80. The van der Waals surface area contributed by atoms with Crippen LogP contribution in [0, 0.1) is 5.82 Å². The molecule has 1 aliphatic heterocycles. The highest BCUT2D eigenvalue weighted by molar-refractivity contribution is 5.89. The van der Waals surface area contributed by atoms with Crippen LogP contribution in [0.1, 0.15) is 24.4 Å². The first-order chi connectivity index (χ1) is 14.0. The van der Waals surface area contributed by atoms with E-state index in [1.807, 2.05) is 48.2 Å². The Labute approximate surface area is 171 Å². The zero-order chi connectivity index (χ0) is 20.8. The van der Waals surface area contributed by atoms with E-state index in [0.717, 1.165) is 37.2 Å². The molecule has 6 nitrogen and oxygen atoms in total. The first-order valence-corrected chi connectivity index (χ1v) is 9.87. The van der Waals surface area contributed by atoms with Gasteiger partial charge in [0.15, 0.2) is 0 Å². The molecule has 2 N–H and O–H groups in total. The predicted octanol–water partition coefficient (Wildman–Crippen LogP) is 3.86. The van der Waals surface area contributed by atoms with Crippen molar-refractivity contribution in [3.8, 4) is 5.75 Å². The molecule has 0 spiro atoms. The molecule has 7 heteroatoms. The summed E-state index contributed by atoms with van der Waals surface area (Å²) in [5, 5.41) is 5.59. The van der Waals surface area contributed by atoms with Crippen molar-refractivity contribution in [3.05, 3.63) is 53.8 Å². The molecule has 1 unspecified atom stereocenters. The second-order valence-corrected chi connectivity index (χ2v) is 7.45. The molecular weight excluding hydrogens is 371 g/mol. The fraction of sp³-hybridized carbons (Fsp3) is 0.409. The fourth-order valence-electron chi connectivity index (χ4n) is 3.61. The van der Waals surface area contributed by atoms with Gasteiger partial charge < -0.3 is 25.2 Å². The van der Waals surface area contributed by atoms with Gasteiger partial charge in [0.2, 0.25) is 0 Å². The van der Waals surface area contributed by atoms with Gasteiger partial charge in [-0.05, 0) is 62.8 Å². The number of halogens is 1.